The van der Waals surface area contributed by atoms with Crippen LogP contribution in [0.5, 0.6) is 0 Å². The summed E-state index contributed by atoms with van der Waals surface area (Å²) in [5, 5.41) is 3.38. The Morgan fingerprint density at radius 3 is 2.23 bits per heavy atom. The van der Waals surface area contributed by atoms with Crippen LogP contribution >= 0.6 is 0 Å². The van der Waals surface area contributed by atoms with E-state index in [-0.39, 0.29) is 11.9 Å². The summed E-state index contributed by atoms with van der Waals surface area (Å²) in [5.74, 6) is 1.14. The van der Waals surface area contributed by atoms with Gasteiger partial charge in [-0.25, -0.2) is 4.98 Å². The van der Waals surface area contributed by atoms with Gasteiger partial charge in [-0.05, 0) is 35.7 Å². The topological polar surface area (TPSA) is 48.5 Å². The fraction of sp³-hybridized carbons (Fsp3) is 0.280. The van der Waals surface area contributed by atoms with Gasteiger partial charge >= 0.3 is 0 Å². The molecule has 1 amide bonds. The fourth-order valence-electron chi connectivity index (χ4n) is 3.79. The van der Waals surface area contributed by atoms with Crippen LogP contribution in [0.15, 0.2) is 79.0 Å². The molecule has 1 fully saturated rings. The van der Waals surface area contributed by atoms with Crippen molar-refractivity contribution in [2.75, 3.05) is 37.6 Å². The molecule has 1 atom stereocenters. The van der Waals surface area contributed by atoms with Gasteiger partial charge in [0.1, 0.15) is 5.82 Å². The molecule has 5 nitrogen and oxygen atoms in total. The van der Waals surface area contributed by atoms with Gasteiger partial charge in [0.25, 0.3) is 0 Å². The molecule has 4 rings (SSSR count). The van der Waals surface area contributed by atoms with Crippen molar-refractivity contribution < 1.29 is 4.79 Å². The van der Waals surface area contributed by atoms with Crippen molar-refractivity contribution in [3.8, 4) is 11.1 Å². The first kappa shape index (κ1) is 20.1. The van der Waals surface area contributed by atoms with E-state index in [1.165, 1.54) is 16.7 Å². The molecule has 3 aromatic rings. The number of aromatic nitrogens is 1. The normalized spacial score (nSPS) is 15.1. The van der Waals surface area contributed by atoms with E-state index in [9.17, 15) is 4.79 Å². The highest BCUT2D eigenvalue weighted by Crippen LogP contribution is 2.21. The number of benzene rings is 2. The number of carbonyl (C=O) groups is 1. The van der Waals surface area contributed by atoms with Crippen molar-refractivity contribution in [2.24, 2.45) is 0 Å². The van der Waals surface area contributed by atoms with Gasteiger partial charge in [0.05, 0.1) is 6.54 Å². The Kier molecular flexibility index (Phi) is 6.40. The molecular formula is C25H28N4O. The van der Waals surface area contributed by atoms with Crippen LogP contribution in [0, 0.1) is 0 Å². The lowest BCUT2D eigenvalue weighted by Crippen LogP contribution is -2.51. The molecule has 1 unspecified atom stereocenters. The van der Waals surface area contributed by atoms with Gasteiger partial charge in [0, 0.05) is 38.4 Å². The molecule has 0 bridgehead atoms. The molecule has 2 aromatic carbocycles. The van der Waals surface area contributed by atoms with Crippen LogP contribution in [0.1, 0.15) is 18.5 Å². The summed E-state index contributed by atoms with van der Waals surface area (Å²) in [4.78, 5) is 21.2. The number of amides is 1. The van der Waals surface area contributed by atoms with E-state index in [1.807, 2.05) is 35.4 Å². The molecule has 0 spiro atoms. The lowest BCUT2D eigenvalue weighted by molar-refractivity contribution is -0.130. The first-order chi connectivity index (χ1) is 14.7. The van der Waals surface area contributed by atoms with Gasteiger partial charge in [-0.3, -0.25) is 4.79 Å². The maximum absolute atomic E-state index is 12.6. The molecule has 0 aliphatic carbocycles. The maximum atomic E-state index is 12.6. The molecule has 0 saturated carbocycles. The molecule has 1 aliphatic heterocycles. The van der Waals surface area contributed by atoms with E-state index < -0.39 is 0 Å². The summed E-state index contributed by atoms with van der Waals surface area (Å²) in [6, 6.07) is 25.0. The zero-order chi connectivity index (χ0) is 20.8. The van der Waals surface area contributed by atoms with Gasteiger partial charge in [-0.1, -0.05) is 60.7 Å². The molecule has 0 radical (unpaired) electrons. The minimum atomic E-state index is 0.119. The van der Waals surface area contributed by atoms with Crippen LogP contribution in [0.2, 0.25) is 0 Å². The number of rotatable bonds is 6. The van der Waals surface area contributed by atoms with Crippen LogP contribution in [0.25, 0.3) is 11.1 Å². The Hall–Kier alpha value is -3.18. The summed E-state index contributed by atoms with van der Waals surface area (Å²) in [7, 11) is 0. The molecule has 5 heteroatoms. The highest BCUT2D eigenvalue weighted by atomic mass is 16.2. The monoisotopic (exact) mass is 400 g/mol. The average Bonchev–Trinajstić information content (AvgIpc) is 2.83. The number of hydrogen-bond acceptors (Lipinski definition) is 4. The number of carbonyl (C=O) groups excluding carboxylic acids is 1. The molecule has 1 aromatic heterocycles. The summed E-state index contributed by atoms with van der Waals surface area (Å²) < 4.78 is 0. The van der Waals surface area contributed by atoms with Crippen LogP contribution < -0.4 is 10.2 Å². The second-order valence-corrected chi connectivity index (χ2v) is 7.65. The van der Waals surface area contributed by atoms with E-state index >= 15 is 0 Å². The number of nitrogens with zero attached hydrogens (tertiary/aromatic N) is 3. The minimum Gasteiger partial charge on any atom is -0.353 e. The first-order valence-corrected chi connectivity index (χ1v) is 10.5. The van der Waals surface area contributed by atoms with Crippen molar-refractivity contribution in [1.29, 1.82) is 0 Å². The quantitative estimate of drug-likeness (QED) is 0.685. The molecule has 2 heterocycles. The second kappa shape index (κ2) is 9.55. The highest BCUT2D eigenvalue weighted by Gasteiger charge is 2.22. The Labute approximate surface area is 178 Å². The number of pyridine rings is 1. The van der Waals surface area contributed by atoms with Crippen molar-refractivity contribution >= 4 is 11.7 Å². The average molecular weight is 401 g/mol. The van der Waals surface area contributed by atoms with Gasteiger partial charge in [0.2, 0.25) is 5.91 Å². The summed E-state index contributed by atoms with van der Waals surface area (Å²) >= 11 is 0. The molecular weight excluding hydrogens is 372 g/mol. The number of piperazine rings is 1. The summed E-state index contributed by atoms with van der Waals surface area (Å²) in [6.45, 7) is 5.56. The van der Waals surface area contributed by atoms with Crippen molar-refractivity contribution in [1.82, 2.24) is 15.2 Å². The third-order valence-electron chi connectivity index (χ3n) is 5.68. The molecule has 154 valence electrons. The molecule has 1 N–H and O–H groups in total. The highest BCUT2D eigenvalue weighted by molar-refractivity contribution is 5.78. The van der Waals surface area contributed by atoms with Crippen molar-refractivity contribution in [3.05, 3.63) is 84.6 Å². The lowest BCUT2D eigenvalue weighted by Gasteiger charge is -2.35. The Morgan fingerprint density at radius 2 is 1.57 bits per heavy atom. The Bertz CT molecular complexity index is 936. The second-order valence-electron chi connectivity index (χ2n) is 7.65. The van der Waals surface area contributed by atoms with E-state index in [4.69, 9.17) is 0 Å². The zero-order valence-corrected chi connectivity index (χ0v) is 17.4. The largest absolute Gasteiger partial charge is 0.353 e. The van der Waals surface area contributed by atoms with Gasteiger partial charge in [-0.2, -0.15) is 0 Å². The third-order valence-corrected chi connectivity index (χ3v) is 5.68. The van der Waals surface area contributed by atoms with Crippen LogP contribution in [0.4, 0.5) is 5.82 Å². The van der Waals surface area contributed by atoms with Crippen LogP contribution in [0.3, 0.4) is 0 Å². The number of nitrogens with one attached hydrogen (secondary N) is 1. The van der Waals surface area contributed by atoms with E-state index in [2.05, 4.69) is 70.7 Å². The van der Waals surface area contributed by atoms with Crippen molar-refractivity contribution in [3.63, 3.8) is 0 Å². The van der Waals surface area contributed by atoms with E-state index in [0.29, 0.717) is 6.54 Å². The van der Waals surface area contributed by atoms with E-state index in [1.54, 1.807) is 0 Å². The predicted octanol–water partition coefficient (Wildman–Crippen LogP) is 3.75. The van der Waals surface area contributed by atoms with Crippen LogP contribution in [-0.4, -0.2) is 48.5 Å². The van der Waals surface area contributed by atoms with Crippen LogP contribution in [-0.2, 0) is 4.79 Å². The fourth-order valence-corrected chi connectivity index (χ4v) is 3.79. The molecule has 1 saturated heterocycles. The summed E-state index contributed by atoms with van der Waals surface area (Å²) in [6.07, 6.45) is 1.81. The maximum Gasteiger partial charge on any atom is 0.236 e. The van der Waals surface area contributed by atoms with Gasteiger partial charge < -0.3 is 15.1 Å². The minimum absolute atomic E-state index is 0.119. The number of anilines is 1. The van der Waals surface area contributed by atoms with Gasteiger partial charge in [0.15, 0.2) is 0 Å². The zero-order valence-electron chi connectivity index (χ0n) is 17.4. The third kappa shape index (κ3) is 4.86. The Balaban J connectivity index is 1.26. The standard InChI is InChI=1S/C25H28N4O/c1-20(21-10-12-23(13-11-21)22-7-3-2-4-8-22)27-19-25(30)29-17-15-28(16-18-29)24-9-5-6-14-26-24/h2-14,20,27H,15-19H2,1H3. The first-order valence-electron chi connectivity index (χ1n) is 10.5. The summed E-state index contributed by atoms with van der Waals surface area (Å²) in [5.41, 5.74) is 3.60. The van der Waals surface area contributed by atoms with Gasteiger partial charge in [-0.15, -0.1) is 0 Å². The molecule has 1 aliphatic rings. The molecule has 30 heavy (non-hydrogen) atoms. The Morgan fingerprint density at radius 1 is 0.900 bits per heavy atom. The SMILES string of the molecule is CC(NCC(=O)N1CCN(c2ccccn2)CC1)c1ccc(-c2ccccc2)cc1. The van der Waals surface area contributed by atoms with Crippen molar-refractivity contribution in [2.45, 2.75) is 13.0 Å². The number of hydrogen-bond donors (Lipinski definition) is 1. The smallest absolute Gasteiger partial charge is 0.236 e. The predicted molar refractivity (Wildman–Crippen MR) is 121 cm³/mol. The lowest BCUT2D eigenvalue weighted by atomic mass is 10.0. The van der Waals surface area contributed by atoms with E-state index in [0.717, 1.165) is 32.0 Å².